The average molecular weight is 213 g/mol. The predicted octanol–water partition coefficient (Wildman–Crippen LogP) is -0.276. The second kappa shape index (κ2) is 4.30. The molecule has 0 spiro atoms. The first-order valence-corrected chi connectivity index (χ1v) is 3.05. The van der Waals surface area contributed by atoms with Gasteiger partial charge in [-0.2, -0.15) is 0 Å². The van der Waals surface area contributed by atoms with Crippen molar-refractivity contribution in [2.45, 2.75) is 13.3 Å². The minimum atomic E-state index is -0.386. The van der Waals surface area contributed by atoms with Crippen molar-refractivity contribution in [3.8, 4) is 5.75 Å². The molecule has 0 aliphatic carbocycles. The molecule has 0 unspecified atom stereocenters. The van der Waals surface area contributed by atoms with Crippen molar-refractivity contribution < 1.29 is 9.52 Å². The van der Waals surface area contributed by atoms with Gasteiger partial charge in [-0.3, -0.25) is 4.79 Å². The zero-order valence-electron chi connectivity index (χ0n) is 5.63. The summed E-state index contributed by atoms with van der Waals surface area (Å²) in [6.07, 6.45) is 1.81. The fraction of sp³-hybridized carbons (Fsp3) is 0.286. The Labute approximate surface area is 77.1 Å². The first-order chi connectivity index (χ1) is 4.75. The van der Waals surface area contributed by atoms with E-state index in [0.29, 0.717) is 12.2 Å². The predicted molar refractivity (Wildman–Crippen MR) is 46.0 cm³/mol. The van der Waals surface area contributed by atoms with Crippen LogP contribution in [-0.4, -0.2) is 24.9 Å². The molecule has 0 atom stereocenters. The zero-order chi connectivity index (χ0) is 7.56. The van der Waals surface area contributed by atoms with Gasteiger partial charge in [0.05, 0.1) is 6.26 Å². The van der Waals surface area contributed by atoms with E-state index in [-0.39, 0.29) is 31.0 Å². The van der Waals surface area contributed by atoms with Crippen molar-refractivity contribution in [2.75, 3.05) is 0 Å². The van der Waals surface area contributed by atoms with Crippen LogP contribution in [0.3, 0.4) is 0 Å². The molecule has 1 N–H and O–H groups in total. The molecule has 60 valence electrons. The third kappa shape index (κ3) is 2.16. The summed E-state index contributed by atoms with van der Waals surface area (Å²) in [5.41, 5.74) is -0.386. The summed E-state index contributed by atoms with van der Waals surface area (Å²) in [5, 5.41) is 8.99. The van der Waals surface area contributed by atoms with E-state index in [1.54, 1.807) is 6.92 Å². The molecule has 0 fully saturated rings. The average Bonchev–Trinajstić information content (AvgIpc) is 1.95. The van der Waals surface area contributed by atoms with Gasteiger partial charge in [0.25, 0.3) is 0 Å². The summed E-state index contributed by atoms with van der Waals surface area (Å²) in [6, 6.07) is 1.19. The Morgan fingerprint density at radius 3 is 2.73 bits per heavy atom. The van der Waals surface area contributed by atoms with Gasteiger partial charge in [-0.25, -0.2) is 0 Å². The molecule has 0 amide bonds. The van der Waals surface area contributed by atoms with E-state index >= 15 is 0 Å². The summed E-state index contributed by atoms with van der Waals surface area (Å²) >= 11 is 0. The molecule has 0 aromatic carbocycles. The van der Waals surface area contributed by atoms with Crippen molar-refractivity contribution in [1.29, 1.82) is 0 Å². The van der Waals surface area contributed by atoms with E-state index in [1.165, 1.54) is 12.3 Å². The van der Waals surface area contributed by atoms with Gasteiger partial charge >= 0.3 is 19.8 Å². The monoisotopic (exact) mass is 212 g/mol. The topological polar surface area (TPSA) is 50.4 Å². The summed E-state index contributed by atoms with van der Waals surface area (Å²) in [4.78, 5) is 10.7. The summed E-state index contributed by atoms with van der Waals surface area (Å²) in [6.45, 7) is 1.80. The van der Waals surface area contributed by atoms with Gasteiger partial charge in [0.2, 0.25) is 11.2 Å². The number of hydrogen-bond acceptors (Lipinski definition) is 3. The van der Waals surface area contributed by atoms with Crippen molar-refractivity contribution >= 4 is 19.8 Å². The van der Waals surface area contributed by atoms with Crippen LogP contribution in [0.1, 0.15) is 12.7 Å². The Hall–Kier alpha value is -0.614. The fourth-order valence-corrected chi connectivity index (χ4v) is 0.701. The Morgan fingerprint density at radius 2 is 2.27 bits per heavy atom. The molecular formula is C7H11GaO3. The zero-order valence-corrected chi connectivity index (χ0v) is 5.63. The number of hydrogen-bond donors (Lipinski definition) is 1. The molecule has 0 radical (unpaired) electrons. The molecule has 0 saturated heterocycles. The second-order valence-electron chi connectivity index (χ2n) is 1.91. The normalized spacial score (nSPS) is 8.82. The van der Waals surface area contributed by atoms with Gasteiger partial charge in [-0.05, 0) is 0 Å². The standard InChI is InChI=1S/C7H8O3.Ga.3H/c1-2-6-7(9)5(8)3-4-10-6;;;;/h3-4,9H,2H2,1H3;;;;. The van der Waals surface area contributed by atoms with Crippen LogP contribution in [0.4, 0.5) is 0 Å². The summed E-state index contributed by atoms with van der Waals surface area (Å²) in [5.74, 6) is 0.0671. The van der Waals surface area contributed by atoms with Crippen LogP contribution >= 0.6 is 0 Å². The third-order valence-corrected chi connectivity index (χ3v) is 1.25. The molecular weight excluding hydrogens is 202 g/mol. The Bertz CT molecular complexity index is 279. The van der Waals surface area contributed by atoms with Gasteiger partial charge in [0.15, 0.2) is 0 Å². The first kappa shape index (κ1) is 10.4. The quantitative estimate of drug-likeness (QED) is 0.652. The fourth-order valence-electron chi connectivity index (χ4n) is 0.701. The molecule has 0 bridgehead atoms. The van der Waals surface area contributed by atoms with Gasteiger partial charge in [0.1, 0.15) is 5.76 Å². The SMILES string of the molecule is CCc1occc(=O)c1O.[GaH3]. The van der Waals surface area contributed by atoms with E-state index in [0.717, 1.165) is 0 Å². The molecule has 1 aromatic heterocycles. The Morgan fingerprint density at radius 1 is 1.64 bits per heavy atom. The first-order valence-electron chi connectivity index (χ1n) is 3.05. The van der Waals surface area contributed by atoms with Gasteiger partial charge in [-0.1, -0.05) is 6.92 Å². The van der Waals surface area contributed by atoms with E-state index in [1.807, 2.05) is 0 Å². The molecule has 0 saturated carbocycles. The van der Waals surface area contributed by atoms with Crippen LogP contribution in [-0.2, 0) is 6.42 Å². The third-order valence-electron chi connectivity index (χ3n) is 1.25. The summed E-state index contributed by atoms with van der Waals surface area (Å²) < 4.78 is 4.84. The molecule has 1 aromatic rings. The number of rotatable bonds is 1. The van der Waals surface area contributed by atoms with E-state index in [4.69, 9.17) is 9.52 Å². The molecule has 4 heteroatoms. The van der Waals surface area contributed by atoms with Crippen molar-refractivity contribution in [1.82, 2.24) is 0 Å². The maximum atomic E-state index is 10.7. The number of aromatic hydroxyl groups is 1. The second-order valence-corrected chi connectivity index (χ2v) is 1.91. The van der Waals surface area contributed by atoms with Crippen molar-refractivity contribution in [3.63, 3.8) is 0 Å². The van der Waals surface area contributed by atoms with Crippen molar-refractivity contribution in [2.24, 2.45) is 0 Å². The van der Waals surface area contributed by atoms with Gasteiger partial charge in [-0.15, -0.1) is 0 Å². The van der Waals surface area contributed by atoms with Crippen LogP contribution in [0.15, 0.2) is 21.5 Å². The summed E-state index contributed by atoms with van der Waals surface area (Å²) in [7, 11) is 0. The van der Waals surface area contributed by atoms with E-state index < -0.39 is 0 Å². The van der Waals surface area contributed by atoms with Crippen LogP contribution in [0.2, 0.25) is 0 Å². The molecule has 1 rings (SSSR count). The maximum absolute atomic E-state index is 10.7. The minimum absolute atomic E-state index is 0. The van der Waals surface area contributed by atoms with Crippen LogP contribution in [0, 0.1) is 0 Å². The molecule has 0 aliphatic heterocycles. The van der Waals surface area contributed by atoms with E-state index in [2.05, 4.69) is 0 Å². The van der Waals surface area contributed by atoms with E-state index in [9.17, 15) is 4.79 Å². The molecule has 3 nitrogen and oxygen atoms in total. The molecule has 1 heterocycles. The molecule has 11 heavy (non-hydrogen) atoms. The van der Waals surface area contributed by atoms with Crippen molar-refractivity contribution in [3.05, 3.63) is 28.3 Å². The van der Waals surface area contributed by atoms with Gasteiger partial charge in [0, 0.05) is 12.5 Å². The van der Waals surface area contributed by atoms with Crippen LogP contribution < -0.4 is 5.43 Å². The Kier molecular flexibility index (Phi) is 4.06. The van der Waals surface area contributed by atoms with Crippen LogP contribution in [0.5, 0.6) is 5.75 Å². The van der Waals surface area contributed by atoms with Crippen LogP contribution in [0.25, 0.3) is 0 Å². The number of aryl methyl sites for hydroxylation is 1. The Balaban J connectivity index is 0.000001000. The molecule has 0 aliphatic rings. The van der Waals surface area contributed by atoms with Gasteiger partial charge < -0.3 is 9.52 Å².